The first-order valence-electron chi connectivity index (χ1n) is 5.15. The van der Waals surface area contributed by atoms with Crippen LogP contribution in [0.5, 0.6) is 0 Å². The van der Waals surface area contributed by atoms with Crippen molar-refractivity contribution in [3.63, 3.8) is 0 Å². The van der Waals surface area contributed by atoms with Crippen molar-refractivity contribution < 1.29 is 4.39 Å². The van der Waals surface area contributed by atoms with E-state index in [9.17, 15) is 4.39 Å². The average molecular weight is 378 g/mol. The predicted molar refractivity (Wildman–Crippen MR) is 78.7 cm³/mol. The first kappa shape index (κ1) is 13.2. The highest BCUT2D eigenvalue weighted by atomic mass is 79.9. The standard InChI is InChI=1S/C13H11Br2FS/c1-7-5-9(16)6-8(2)12(7)13(15)10-3-4-11(14)17-10/h3-6,13H,1-2H3. The quantitative estimate of drug-likeness (QED) is 0.584. The first-order valence-corrected chi connectivity index (χ1v) is 7.67. The van der Waals surface area contributed by atoms with E-state index in [-0.39, 0.29) is 10.6 Å². The van der Waals surface area contributed by atoms with Gasteiger partial charge in [0.1, 0.15) is 5.82 Å². The van der Waals surface area contributed by atoms with E-state index in [4.69, 9.17) is 0 Å². The Morgan fingerprint density at radius 3 is 2.24 bits per heavy atom. The molecule has 2 aromatic rings. The number of thiophene rings is 1. The minimum Gasteiger partial charge on any atom is -0.207 e. The number of benzene rings is 1. The van der Waals surface area contributed by atoms with E-state index < -0.39 is 0 Å². The SMILES string of the molecule is Cc1cc(F)cc(C)c1C(Br)c1ccc(Br)s1. The zero-order valence-corrected chi connectivity index (χ0v) is 13.4. The molecule has 17 heavy (non-hydrogen) atoms. The third kappa shape index (κ3) is 2.80. The molecule has 0 nitrogen and oxygen atoms in total. The van der Waals surface area contributed by atoms with Crippen LogP contribution < -0.4 is 0 Å². The van der Waals surface area contributed by atoms with Gasteiger partial charge in [0.05, 0.1) is 8.61 Å². The smallest absolute Gasteiger partial charge is 0.123 e. The molecule has 0 saturated heterocycles. The summed E-state index contributed by atoms with van der Waals surface area (Å²) in [7, 11) is 0. The third-order valence-electron chi connectivity index (χ3n) is 2.66. The van der Waals surface area contributed by atoms with E-state index >= 15 is 0 Å². The molecule has 1 unspecified atom stereocenters. The molecule has 4 heteroatoms. The largest absolute Gasteiger partial charge is 0.207 e. The lowest BCUT2D eigenvalue weighted by Gasteiger charge is -2.15. The van der Waals surface area contributed by atoms with Gasteiger partial charge in [-0.25, -0.2) is 4.39 Å². The maximum atomic E-state index is 13.3. The zero-order valence-electron chi connectivity index (χ0n) is 9.43. The molecule has 0 amide bonds. The number of halogens is 3. The summed E-state index contributed by atoms with van der Waals surface area (Å²) in [6.45, 7) is 3.89. The van der Waals surface area contributed by atoms with E-state index in [1.54, 1.807) is 23.5 Å². The molecule has 0 fully saturated rings. The number of hydrogen-bond acceptors (Lipinski definition) is 1. The molecule has 0 aliphatic rings. The molecule has 1 aromatic carbocycles. The molecule has 1 heterocycles. The number of alkyl halides is 1. The lowest BCUT2D eigenvalue weighted by Crippen LogP contribution is -1.98. The van der Waals surface area contributed by atoms with Crippen LogP contribution in [-0.4, -0.2) is 0 Å². The van der Waals surface area contributed by atoms with Crippen molar-refractivity contribution in [1.82, 2.24) is 0 Å². The fourth-order valence-electron chi connectivity index (χ4n) is 1.93. The van der Waals surface area contributed by atoms with Gasteiger partial charge in [0.25, 0.3) is 0 Å². The molecule has 0 bridgehead atoms. The molecular formula is C13H11Br2FS. The Labute approximate surface area is 121 Å². The average Bonchev–Trinajstić information content (AvgIpc) is 2.63. The molecular weight excluding hydrogens is 367 g/mol. The van der Waals surface area contributed by atoms with Crippen LogP contribution in [-0.2, 0) is 0 Å². The molecule has 0 aliphatic heterocycles. The zero-order chi connectivity index (χ0) is 12.6. The van der Waals surface area contributed by atoms with Gasteiger partial charge in [-0.1, -0.05) is 15.9 Å². The summed E-state index contributed by atoms with van der Waals surface area (Å²) in [6.07, 6.45) is 0. The van der Waals surface area contributed by atoms with Crippen molar-refractivity contribution >= 4 is 43.2 Å². The molecule has 0 aliphatic carbocycles. The predicted octanol–water partition coefficient (Wildman–Crippen LogP) is 5.75. The molecule has 0 N–H and O–H groups in total. The Kier molecular flexibility index (Phi) is 4.06. The van der Waals surface area contributed by atoms with Gasteiger partial charge in [0, 0.05) is 4.88 Å². The molecule has 0 radical (unpaired) electrons. The van der Waals surface area contributed by atoms with E-state index in [1.807, 2.05) is 19.9 Å². The van der Waals surface area contributed by atoms with Crippen LogP contribution in [0.3, 0.4) is 0 Å². The van der Waals surface area contributed by atoms with E-state index in [0.29, 0.717) is 0 Å². The van der Waals surface area contributed by atoms with Crippen molar-refractivity contribution in [2.24, 2.45) is 0 Å². The summed E-state index contributed by atoms with van der Waals surface area (Å²) >= 11 is 8.85. The monoisotopic (exact) mass is 376 g/mol. The van der Waals surface area contributed by atoms with Crippen molar-refractivity contribution in [2.75, 3.05) is 0 Å². The number of hydrogen-bond donors (Lipinski definition) is 0. The van der Waals surface area contributed by atoms with E-state index in [1.165, 1.54) is 4.88 Å². The van der Waals surface area contributed by atoms with E-state index in [0.717, 1.165) is 20.5 Å². The summed E-state index contributed by atoms with van der Waals surface area (Å²) < 4.78 is 14.4. The second-order valence-electron chi connectivity index (χ2n) is 3.96. The molecule has 2 rings (SSSR count). The fraction of sp³-hybridized carbons (Fsp3) is 0.231. The lowest BCUT2D eigenvalue weighted by atomic mass is 9.99. The van der Waals surface area contributed by atoms with Crippen LogP contribution in [0.15, 0.2) is 28.1 Å². The van der Waals surface area contributed by atoms with Crippen LogP contribution in [0.1, 0.15) is 26.4 Å². The number of rotatable bonds is 2. The highest BCUT2D eigenvalue weighted by Gasteiger charge is 2.17. The summed E-state index contributed by atoms with van der Waals surface area (Å²) in [6, 6.07) is 7.28. The Balaban J connectivity index is 2.47. The van der Waals surface area contributed by atoms with Crippen molar-refractivity contribution in [2.45, 2.75) is 18.7 Å². The lowest BCUT2D eigenvalue weighted by molar-refractivity contribution is 0.624. The molecule has 1 atom stereocenters. The van der Waals surface area contributed by atoms with Gasteiger partial charge in [-0.2, -0.15) is 0 Å². The van der Waals surface area contributed by atoms with Crippen LogP contribution in [0.4, 0.5) is 4.39 Å². The van der Waals surface area contributed by atoms with Crippen LogP contribution >= 0.6 is 43.2 Å². The van der Waals surface area contributed by atoms with Crippen LogP contribution in [0.25, 0.3) is 0 Å². The maximum absolute atomic E-state index is 13.3. The van der Waals surface area contributed by atoms with Gasteiger partial charge in [-0.3, -0.25) is 0 Å². The molecule has 0 saturated carbocycles. The Morgan fingerprint density at radius 1 is 1.18 bits per heavy atom. The van der Waals surface area contributed by atoms with Gasteiger partial charge in [-0.05, 0) is 70.7 Å². The van der Waals surface area contributed by atoms with E-state index in [2.05, 4.69) is 37.9 Å². The topological polar surface area (TPSA) is 0 Å². The minimum atomic E-state index is -0.171. The first-order chi connectivity index (χ1) is 7.99. The van der Waals surface area contributed by atoms with Gasteiger partial charge in [0.2, 0.25) is 0 Å². The molecule has 1 aromatic heterocycles. The van der Waals surface area contributed by atoms with Crippen molar-refractivity contribution in [3.8, 4) is 0 Å². The fourth-order valence-corrected chi connectivity index (χ4v) is 4.50. The van der Waals surface area contributed by atoms with Gasteiger partial charge in [-0.15, -0.1) is 11.3 Å². The van der Waals surface area contributed by atoms with Gasteiger partial charge >= 0.3 is 0 Å². The molecule has 90 valence electrons. The second-order valence-corrected chi connectivity index (χ2v) is 7.37. The second kappa shape index (κ2) is 5.21. The summed E-state index contributed by atoms with van der Waals surface area (Å²) in [5.41, 5.74) is 3.11. The van der Waals surface area contributed by atoms with Crippen LogP contribution in [0, 0.1) is 19.7 Å². The number of aryl methyl sites for hydroxylation is 2. The normalized spacial score (nSPS) is 12.8. The summed E-state index contributed by atoms with van der Waals surface area (Å²) in [4.78, 5) is 1.34. The van der Waals surface area contributed by atoms with Gasteiger partial charge in [0.15, 0.2) is 0 Å². The Hall–Kier alpha value is -0.190. The highest BCUT2D eigenvalue weighted by molar-refractivity contribution is 9.11. The van der Waals surface area contributed by atoms with Crippen molar-refractivity contribution in [3.05, 3.63) is 55.4 Å². The molecule has 0 spiro atoms. The highest BCUT2D eigenvalue weighted by Crippen LogP contribution is 2.39. The van der Waals surface area contributed by atoms with Crippen molar-refractivity contribution in [1.29, 1.82) is 0 Å². The Bertz CT molecular complexity index is 525. The minimum absolute atomic E-state index is 0.124. The van der Waals surface area contributed by atoms with Crippen LogP contribution in [0.2, 0.25) is 0 Å². The Morgan fingerprint density at radius 2 is 1.76 bits per heavy atom. The van der Waals surface area contributed by atoms with Gasteiger partial charge < -0.3 is 0 Å². The third-order valence-corrected chi connectivity index (χ3v) is 5.60. The summed E-state index contributed by atoms with van der Waals surface area (Å²) in [5.74, 6) is -0.171. The maximum Gasteiger partial charge on any atom is 0.123 e. The summed E-state index contributed by atoms with van der Waals surface area (Å²) in [5, 5.41) is 0.